The van der Waals surface area contributed by atoms with Crippen LogP contribution in [-0.2, 0) is 0 Å². The summed E-state index contributed by atoms with van der Waals surface area (Å²) in [5, 5.41) is 7.26. The van der Waals surface area contributed by atoms with E-state index in [1.807, 2.05) is 13.0 Å². The number of ether oxygens (including phenoxy) is 1. The van der Waals surface area contributed by atoms with Crippen LogP contribution in [0.1, 0.15) is 10.4 Å². The molecular weight excluding hydrogens is 413 g/mol. The fourth-order valence-electron chi connectivity index (χ4n) is 2.97. The highest BCUT2D eigenvalue weighted by Gasteiger charge is 2.08. The van der Waals surface area contributed by atoms with Crippen molar-refractivity contribution in [3.05, 3.63) is 88.5 Å². The predicted octanol–water partition coefficient (Wildman–Crippen LogP) is 7.00. The van der Waals surface area contributed by atoms with Gasteiger partial charge in [-0.3, -0.25) is 4.98 Å². The molecule has 31 heavy (non-hydrogen) atoms. The highest BCUT2D eigenvalue weighted by molar-refractivity contribution is 7.10. The minimum absolute atomic E-state index is 0.131. The molecular formula is C24H20FN3O2S. The Morgan fingerprint density at radius 2 is 1.77 bits per heavy atom. The first-order chi connectivity index (χ1) is 15.0. The van der Waals surface area contributed by atoms with Gasteiger partial charge in [0.25, 0.3) is 0 Å². The van der Waals surface area contributed by atoms with Crippen molar-refractivity contribution in [2.45, 2.75) is 13.8 Å². The van der Waals surface area contributed by atoms with Gasteiger partial charge in [0.15, 0.2) is 0 Å². The molecule has 5 nitrogen and oxygen atoms in total. The molecule has 0 aliphatic carbocycles. The molecule has 2 heterocycles. The molecule has 0 aliphatic rings. The molecule has 0 atom stereocenters. The zero-order chi connectivity index (χ0) is 21.8. The number of amides is 2. The molecule has 4 aromatic rings. The van der Waals surface area contributed by atoms with E-state index in [9.17, 15) is 9.18 Å². The lowest BCUT2D eigenvalue weighted by atomic mass is 10.2. The number of aromatic nitrogens is 1. The second-order valence-corrected chi connectivity index (χ2v) is 8.13. The van der Waals surface area contributed by atoms with Crippen molar-refractivity contribution < 1.29 is 13.9 Å². The maximum atomic E-state index is 13.8. The van der Waals surface area contributed by atoms with E-state index >= 15 is 0 Å². The molecule has 4 rings (SSSR count). The van der Waals surface area contributed by atoms with Gasteiger partial charge in [-0.05, 0) is 67.9 Å². The number of rotatable bonds is 5. The van der Waals surface area contributed by atoms with Gasteiger partial charge in [-0.15, -0.1) is 11.3 Å². The number of carbonyl (C=O) groups excluding carboxylic acids is 1. The van der Waals surface area contributed by atoms with Gasteiger partial charge in [-0.2, -0.15) is 0 Å². The van der Waals surface area contributed by atoms with Crippen molar-refractivity contribution in [3.8, 4) is 22.8 Å². The maximum Gasteiger partial charge on any atom is 0.323 e. The van der Waals surface area contributed by atoms with Crippen molar-refractivity contribution in [1.29, 1.82) is 0 Å². The molecule has 0 unspecified atom stereocenters. The number of anilines is 2. The smallest absolute Gasteiger partial charge is 0.323 e. The van der Waals surface area contributed by atoms with E-state index in [4.69, 9.17) is 4.74 Å². The fraction of sp³-hybridized carbons (Fsp3) is 0.0833. The minimum Gasteiger partial charge on any atom is -0.457 e. The quantitative estimate of drug-likeness (QED) is 0.356. The average Bonchev–Trinajstić information content (AvgIpc) is 3.19. The highest BCUT2D eigenvalue weighted by atomic mass is 32.1. The number of urea groups is 1. The third-order valence-electron chi connectivity index (χ3n) is 4.48. The van der Waals surface area contributed by atoms with Gasteiger partial charge < -0.3 is 15.4 Å². The molecule has 0 fully saturated rings. The van der Waals surface area contributed by atoms with Gasteiger partial charge in [0.05, 0.1) is 11.4 Å². The lowest BCUT2D eigenvalue weighted by Crippen LogP contribution is -2.20. The lowest BCUT2D eigenvalue weighted by molar-refractivity contribution is 0.262. The zero-order valence-corrected chi connectivity index (χ0v) is 17.8. The Bertz CT molecular complexity index is 1220. The van der Waals surface area contributed by atoms with Crippen LogP contribution in [0.2, 0.25) is 0 Å². The molecule has 0 bridgehead atoms. The van der Waals surface area contributed by atoms with Gasteiger partial charge in [-0.25, -0.2) is 9.18 Å². The molecule has 156 valence electrons. The van der Waals surface area contributed by atoms with Gasteiger partial charge >= 0.3 is 6.03 Å². The van der Waals surface area contributed by atoms with E-state index in [-0.39, 0.29) is 5.69 Å². The number of pyridine rings is 1. The average molecular weight is 434 g/mol. The first-order valence-corrected chi connectivity index (χ1v) is 10.5. The normalized spacial score (nSPS) is 10.5. The zero-order valence-electron chi connectivity index (χ0n) is 17.0. The van der Waals surface area contributed by atoms with E-state index in [1.165, 1.54) is 10.9 Å². The number of hydrogen-bond donors (Lipinski definition) is 2. The van der Waals surface area contributed by atoms with Gasteiger partial charge in [0.2, 0.25) is 0 Å². The van der Waals surface area contributed by atoms with Crippen LogP contribution in [0.25, 0.3) is 11.3 Å². The summed E-state index contributed by atoms with van der Waals surface area (Å²) in [5.74, 6) is 0.801. The monoisotopic (exact) mass is 433 g/mol. The summed E-state index contributed by atoms with van der Waals surface area (Å²) in [6.45, 7) is 3.89. The summed E-state index contributed by atoms with van der Waals surface area (Å²) in [5.41, 5.74) is 3.45. The van der Waals surface area contributed by atoms with Crippen molar-refractivity contribution in [3.63, 3.8) is 0 Å². The number of carbonyl (C=O) groups is 1. The van der Waals surface area contributed by atoms with Crippen molar-refractivity contribution in [2.75, 3.05) is 10.6 Å². The number of aryl methyl sites for hydroxylation is 2. The number of thiophene rings is 1. The third-order valence-corrected chi connectivity index (χ3v) is 5.34. The molecule has 2 aromatic carbocycles. The Labute approximate surface area is 183 Å². The first kappa shape index (κ1) is 20.6. The summed E-state index contributed by atoms with van der Waals surface area (Å²) in [6, 6.07) is 16.7. The Morgan fingerprint density at radius 3 is 2.52 bits per heavy atom. The van der Waals surface area contributed by atoms with Gasteiger partial charge in [0, 0.05) is 33.8 Å². The van der Waals surface area contributed by atoms with E-state index in [0.717, 1.165) is 16.8 Å². The molecule has 2 amide bonds. The van der Waals surface area contributed by atoms with E-state index in [0.29, 0.717) is 17.2 Å². The van der Waals surface area contributed by atoms with Gasteiger partial charge in [0.1, 0.15) is 17.3 Å². The third kappa shape index (κ3) is 5.26. The SMILES string of the molecule is Cc1ccc(F)c(NC(=O)Nc2ccc(Oc3ccnc(-c4csc(C)c4)c3)cc2)c1. The first-order valence-electron chi connectivity index (χ1n) is 9.60. The molecule has 2 aromatic heterocycles. The van der Waals surface area contributed by atoms with Crippen LogP contribution in [-0.4, -0.2) is 11.0 Å². The van der Waals surface area contributed by atoms with Crippen LogP contribution < -0.4 is 15.4 Å². The Balaban J connectivity index is 1.39. The Morgan fingerprint density at radius 1 is 0.968 bits per heavy atom. The van der Waals surface area contributed by atoms with E-state index in [2.05, 4.69) is 34.0 Å². The maximum absolute atomic E-state index is 13.8. The second kappa shape index (κ2) is 8.97. The largest absolute Gasteiger partial charge is 0.457 e. The number of benzene rings is 2. The molecule has 7 heteroatoms. The van der Waals surface area contributed by atoms with Crippen LogP contribution >= 0.6 is 11.3 Å². The van der Waals surface area contributed by atoms with E-state index in [1.54, 1.807) is 60.0 Å². The number of hydrogen-bond acceptors (Lipinski definition) is 4. The minimum atomic E-state index is -0.525. The molecule has 2 N–H and O–H groups in total. The number of nitrogens with zero attached hydrogens (tertiary/aromatic N) is 1. The number of nitrogens with one attached hydrogen (secondary N) is 2. The lowest BCUT2D eigenvalue weighted by Gasteiger charge is -2.10. The van der Waals surface area contributed by atoms with E-state index < -0.39 is 11.8 Å². The van der Waals surface area contributed by atoms with Crippen LogP contribution in [0.4, 0.5) is 20.6 Å². The fourth-order valence-corrected chi connectivity index (χ4v) is 3.67. The van der Waals surface area contributed by atoms with Crippen LogP contribution in [0.5, 0.6) is 11.5 Å². The molecule has 0 radical (unpaired) electrons. The molecule has 0 spiro atoms. The van der Waals surface area contributed by atoms with Crippen molar-refractivity contribution >= 4 is 28.7 Å². The highest BCUT2D eigenvalue weighted by Crippen LogP contribution is 2.29. The summed E-state index contributed by atoms with van der Waals surface area (Å²) in [7, 11) is 0. The topological polar surface area (TPSA) is 63.2 Å². The standard InChI is InChI=1S/C24H20FN3O2S/c1-15-3-8-21(25)23(11-15)28-24(29)27-18-4-6-19(7-5-18)30-20-9-10-26-22(13-20)17-12-16(2)31-14-17/h3-14H,1-2H3,(H2,27,28,29). The van der Waals surface area contributed by atoms with Crippen LogP contribution in [0, 0.1) is 19.7 Å². The Hall–Kier alpha value is -3.71. The summed E-state index contributed by atoms with van der Waals surface area (Å²) in [4.78, 5) is 17.8. The van der Waals surface area contributed by atoms with Crippen LogP contribution in [0.3, 0.4) is 0 Å². The summed E-state index contributed by atoms with van der Waals surface area (Å²) >= 11 is 1.68. The molecule has 0 saturated heterocycles. The Kier molecular flexibility index (Phi) is 5.95. The summed E-state index contributed by atoms with van der Waals surface area (Å²) in [6.07, 6.45) is 1.71. The van der Waals surface area contributed by atoms with Gasteiger partial charge in [-0.1, -0.05) is 6.07 Å². The predicted molar refractivity (Wildman–Crippen MR) is 123 cm³/mol. The molecule has 0 aliphatic heterocycles. The summed E-state index contributed by atoms with van der Waals surface area (Å²) < 4.78 is 19.7. The van der Waals surface area contributed by atoms with Crippen molar-refractivity contribution in [2.24, 2.45) is 0 Å². The van der Waals surface area contributed by atoms with Crippen LogP contribution in [0.15, 0.2) is 72.2 Å². The number of halogens is 1. The molecule has 0 saturated carbocycles. The second-order valence-electron chi connectivity index (χ2n) is 7.01. The van der Waals surface area contributed by atoms with Crippen molar-refractivity contribution in [1.82, 2.24) is 4.98 Å².